The molecule has 1 aliphatic carbocycles. The van der Waals surface area contributed by atoms with Crippen molar-refractivity contribution in [2.75, 3.05) is 0 Å². The average Bonchev–Trinajstić information content (AvgIpc) is 2.96. The van der Waals surface area contributed by atoms with Gasteiger partial charge in [-0.3, -0.25) is 9.08 Å². The van der Waals surface area contributed by atoms with Crippen molar-refractivity contribution in [1.82, 2.24) is 19.2 Å². The lowest BCUT2D eigenvalue weighted by atomic mass is 10.3. The van der Waals surface area contributed by atoms with Gasteiger partial charge in [0.2, 0.25) is 0 Å². The fourth-order valence-corrected chi connectivity index (χ4v) is 3.74. The minimum Gasteiger partial charge on any atom is -0.294 e. The number of hydrogen-bond donors (Lipinski definition) is 0. The van der Waals surface area contributed by atoms with E-state index in [1.165, 1.54) is 29.8 Å². The summed E-state index contributed by atoms with van der Waals surface area (Å²) < 4.78 is 4.13. The predicted molar refractivity (Wildman–Crippen MR) is 67.3 cm³/mol. The molecule has 0 spiro atoms. The van der Waals surface area contributed by atoms with Gasteiger partial charge in [0.25, 0.3) is 0 Å². The van der Waals surface area contributed by atoms with Crippen molar-refractivity contribution in [3.05, 3.63) is 29.0 Å². The van der Waals surface area contributed by atoms with E-state index >= 15 is 0 Å². The second kappa shape index (κ2) is 3.20. The monoisotopic (exact) mass is 244 g/mol. The van der Waals surface area contributed by atoms with Crippen LogP contribution in [0.25, 0.3) is 16.3 Å². The molecule has 3 aromatic rings. The highest BCUT2D eigenvalue weighted by molar-refractivity contribution is 7.17. The first kappa shape index (κ1) is 9.41. The molecular weight excluding hydrogens is 232 g/mol. The van der Waals surface area contributed by atoms with Crippen LogP contribution < -0.4 is 0 Å². The summed E-state index contributed by atoms with van der Waals surface area (Å²) in [5.74, 6) is 0. The lowest BCUT2D eigenvalue weighted by Crippen LogP contribution is -1.93. The molecule has 17 heavy (non-hydrogen) atoms. The number of nitrogens with zero attached hydrogens (tertiary/aromatic N) is 4. The summed E-state index contributed by atoms with van der Waals surface area (Å²) in [5, 5.41) is 4.19. The van der Waals surface area contributed by atoms with Gasteiger partial charge in [0.05, 0.1) is 5.69 Å². The highest BCUT2D eigenvalue weighted by Crippen LogP contribution is 2.32. The second-order valence-electron chi connectivity index (χ2n) is 4.44. The van der Waals surface area contributed by atoms with E-state index in [0.717, 1.165) is 16.3 Å². The maximum atomic E-state index is 4.70. The topological polar surface area (TPSA) is 35.1 Å². The summed E-state index contributed by atoms with van der Waals surface area (Å²) >= 11 is 1.83. The number of imidazole rings is 1. The van der Waals surface area contributed by atoms with Gasteiger partial charge in [-0.15, -0.1) is 11.3 Å². The summed E-state index contributed by atoms with van der Waals surface area (Å²) in [7, 11) is 1.95. The molecule has 0 atom stereocenters. The Balaban J connectivity index is 1.94. The maximum Gasteiger partial charge on any atom is 0.194 e. The van der Waals surface area contributed by atoms with Gasteiger partial charge in [0, 0.05) is 30.0 Å². The highest BCUT2D eigenvalue weighted by atomic mass is 32.1. The molecule has 86 valence electrons. The van der Waals surface area contributed by atoms with Crippen molar-refractivity contribution in [2.24, 2.45) is 7.05 Å². The Bertz CT molecular complexity index is 703. The molecule has 0 saturated carbocycles. The molecule has 4 nitrogen and oxygen atoms in total. The average molecular weight is 244 g/mol. The number of thiazole rings is 1. The Hall–Kier alpha value is -1.62. The largest absolute Gasteiger partial charge is 0.294 e. The van der Waals surface area contributed by atoms with E-state index in [1.807, 2.05) is 35.3 Å². The maximum absolute atomic E-state index is 4.70. The van der Waals surface area contributed by atoms with Gasteiger partial charge in [0.1, 0.15) is 5.69 Å². The summed E-state index contributed by atoms with van der Waals surface area (Å²) in [6, 6.07) is 2.01. The number of hydrogen-bond acceptors (Lipinski definition) is 3. The first-order valence-electron chi connectivity index (χ1n) is 5.81. The number of rotatable bonds is 1. The molecule has 0 N–H and O–H groups in total. The van der Waals surface area contributed by atoms with Gasteiger partial charge in [-0.05, 0) is 25.3 Å². The van der Waals surface area contributed by atoms with Crippen LogP contribution in [-0.2, 0) is 19.9 Å². The van der Waals surface area contributed by atoms with Crippen molar-refractivity contribution < 1.29 is 0 Å². The highest BCUT2D eigenvalue weighted by Gasteiger charge is 2.20. The fraction of sp³-hybridized carbons (Fsp3) is 0.333. The van der Waals surface area contributed by atoms with Crippen LogP contribution in [0.3, 0.4) is 0 Å². The Morgan fingerprint density at radius 2 is 2.29 bits per heavy atom. The number of fused-ring (bicyclic) bond motifs is 3. The molecule has 0 saturated heterocycles. The van der Waals surface area contributed by atoms with Crippen LogP contribution in [0.2, 0.25) is 0 Å². The van der Waals surface area contributed by atoms with E-state index in [0.29, 0.717) is 0 Å². The van der Waals surface area contributed by atoms with Gasteiger partial charge in [-0.25, -0.2) is 4.98 Å². The Morgan fingerprint density at radius 3 is 3.12 bits per heavy atom. The van der Waals surface area contributed by atoms with Crippen LogP contribution in [0.15, 0.2) is 18.5 Å². The van der Waals surface area contributed by atoms with Crippen molar-refractivity contribution in [2.45, 2.75) is 19.3 Å². The van der Waals surface area contributed by atoms with E-state index in [9.17, 15) is 0 Å². The first-order valence-corrected chi connectivity index (χ1v) is 6.62. The summed E-state index contributed by atoms with van der Waals surface area (Å²) in [5.41, 5.74) is 3.56. The predicted octanol–water partition coefficient (Wildman–Crippen LogP) is 2.29. The van der Waals surface area contributed by atoms with Crippen LogP contribution >= 0.6 is 11.3 Å². The Morgan fingerprint density at radius 1 is 1.35 bits per heavy atom. The molecule has 0 aliphatic heterocycles. The number of aryl methyl sites for hydroxylation is 3. The quantitative estimate of drug-likeness (QED) is 0.658. The molecule has 1 aliphatic rings. The van der Waals surface area contributed by atoms with Gasteiger partial charge < -0.3 is 0 Å². The second-order valence-corrected chi connectivity index (χ2v) is 5.51. The van der Waals surface area contributed by atoms with Crippen LogP contribution in [0.4, 0.5) is 0 Å². The molecule has 4 rings (SSSR count). The lowest BCUT2D eigenvalue weighted by molar-refractivity contribution is 0.774. The Kier molecular flexibility index (Phi) is 1.77. The molecular formula is C12H12N4S. The molecule has 0 radical (unpaired) electrons. The summed E-state index contributed by atoms with van der Waals surface area (Å²) in [6.07, 6.45) is 7.66. The van der Waals surface area contributed by atoms with Gasteiger partial charge in [-0.1, -0.05) is 0 Å². The van der Waals surface area contributed by atoms with Crippen molar-refractivity contribution in [3.63, 3.8) is 0 Å². The summed E-state index contributed by atoms with van der Waals surface area (Å²) in [4.78, 5) is 7.33. The van der Waals surface area contributed by atoms with Gasteiger partial charge >= 0.3 is 0 Å². The normalized spacial score (nSPS) is 14.6. The SMILES string of the molecule is Cn1nccc1-c1cn2c3c(sc2n1)CCC3. The summed E-state index contributed by atoms with van der Waals surface area (Å²) in [6.45, 7) is 0. The van der Waals surface area contributed by atoms with E-state index in [2.05, 4.69) is 15.7 Å². The molecule has 0 aromatic carbocycles. The molecule has 3 heterocycles. The van der Waals surface area contributed by atoms with E-state index in [4.69, 9.17) is 4.98 Å². The third-order valence-corrected chi connectivity index (χ3v) is 4.56. The van der Waals surface area contributed by atoms with Gasteiger partial charge in [-0.2, -0.15) is 5.10 Å². The zero-order valence-corrected chi connectivity index (χ0v) is 10.4. The van der Waals surface area contributed by atoms with Crippen LogP contribution in [0.1, 0.15) is 17.0 Å². The van der Waals surface area contributed by atoms with E-state index < -0.39 is 0 Å². The molecule has 3 aromatic heterocycles. The minimum absolute atomic E-state index is 1.02. The third-order valence-electron chi connectivity index (χ3n) is 3.40. The van der Waals surface area contributed by atoms with Gasteiger partial charge in [0.15, 0.2) is 4.96 Å². The first-order chi connectivity index (χ1) is 8.33. The molecule has 0 amide bonds. The number of aromatic nitrogens is 4. The van der Waals surface area contributed by atoms with Crippen LogP contribution in [0, 0.1) is 0 Å². The standard InChI is InChI=1S/C12H12N4S/c1-15-9(5-6-13-15)8-7-16-10-3-2-4-11(10)17-12(16)14-8/h5-7H,2-4H2,1H3. The third kappa shape index (κ3) is 1.23. The zero-order chi connectivity index (χ0) is 11.4. The Labute approximate surface area is 103 Å². The fourth-order valence-electron chi connectivity index (χ4n) is 2.55. The lowest BCUT2D eigenvalue weighted by Gasteiger charge is -1.95. The van der Waals surface area contributed by atoms with Crippen molar-refractivity contribution in [3.8, 4) is 11.4 Å². The molecule has 5 heteroatoms. The van der Waals surface area contributed by atoms with E-state index in [-0.39, 0.29) is 0 Å². The molecule has 0 bridgehead atoms. The van der Waals surface area contributed by atoms with Crippen molar-refractivity contribution >= 4 is 16.3 Å². The molecule has 0 fully saturated rings. The van der Waals surface area contributed by atoms with E-state index in [1.54, 1.807) is 0 Å². The van der Waals surface area contributed by atoms with Crippen LogP contribution in [0.5, 0.6) is 0 Å². The van der Waals surface area contributed by atoms with Crippen LogP contribution in [-0.4, -0.2) is 19.2 Å². The van der Waals surface area contributed by atoms with Crippen molar-refractivity contribution in [1.29, 1.82) is 0 Å². The minimum atomic E-state index is 1.02. The zero-order valence-electron chi connectivity index (χ0n) is 9.55. The smallest absolute Gasteiger partial charge is 0.194 e. The molecule has 0 unspecified atom stereocenters.